The lowest BCUT2D eigenvalue weighted by Gasteiger charge is -2.26. The van der Waals surface area contributed by atoms with Gasteiger partial charge in [0.05, 0.1) is 22.3 Å². The quantitative estimate of drug-likeness (QED) is 0.110. The number of nitrogens with zero attached hydrogens (tertiary/aromatic N) is 4. The van der Waals surface area contributed by atoms with Crippen LogP contribution in [0.2, 0.25) is 0 Å². The molecule has 412 valence electrons. The van der Waals surface area contributed by atoms with Crippen LogP contribution in [0, 0.1) is 0 Å². The molecule has 14 nitrogen and oxygen atoms in total. The van der Waals surface area contributed by atoms with Crippen LogP contribution >= 0.6 is 0 Å². The average Bonchev–Trinajstić information content (AvgIpc) is 1.61. The number of imide groups is 4. The van der Waals surface area contributed by atoms with Crippen molar-refractivity contribution in [3.8, 4) is 23.0 Å². The van der Waals surface area contributed by atoms with Crippen LogP contribution in [0.1, 0.15) is 66.4 Å². The zero-order valence-electron chi connectivity index (χ0n) is 46.7. The van der Waals surface area contributed by atoms with Gasteiger partial charge in [0.15, 0.2) is 5.82 Å². The molecule has 0 spiro atoms. The van der Waals surface area contributed by atoms with Crippen LogP contribution in [0.25, 0.3) is 0 Å². The highest BCUT2D eigenvalue weighted by atomic mass is 16.5. The third-order valence-electron chi connectivity index (χ3n) is 12.0. The van der Waals surface area contributed by atoms with Crippen molar-refractivity contribution in [1.29, 1.82) is 0 Å². The van der Waals surface area contributed by atoms with Gasteiger partial charge in [0.25, 0.3) is 47.3 Å². The number of rotatable bonds is 10. The van der Waals surface area contributed by atoms with Crippen molar-refractivity contribution in [3.63, 3.8) is 0 Å². The van der Waals surface area contributed by atoms with Gasteiger partial charge in [-0.15, -0.1) is 0 Å². The molecule has 8 rings (SSSR count). The molecule has 4 aliphatic heterocycles. The highest BCUT2D eigenvalue weighted by Crippen LogP contribution is 2.37. The molecule has 4 aliphatic rings. The van der Waals surface area contributed by atoms with Gasteiger partial charge in [-0.3, -0.25) is 48.2 Å². The molecule has 0 saturated heterocycles. The molecule has 0 aliphatic carbocycles. The number of carbonyl (C=O) groups is 8. The molecule has 0 unspecified atom stereocenters. The Balaban J connectivity index is 0.928. The number of ether oxygens (including phenoxy) is 2. The lowest BCUT2D eigenvalue weighted by Crippen LogP contribution is -2.43. The maximum atomic E-state index is 14.0. The van der Waals surface area contributed by atoms with E-state index in [0.717, 1.165) is 45.2 Å². The first-order chi connectivity index (χ1) is 43.8. The Morgan fingerprint density at radius 2 is 0.644 bits per heavy atom. The average molecular weight is 1160 g/mol. The molecule has 4 aromatic rings. The van der Waals surface area contributed by atoms with Gasteiger partial charge in [0.1, 0.15) is 29.7 Å². The molecule has 4 heterocycles. The van der Waals surface area contributed by atoms with Gasteiger partial charge in [-0.2, -0.15) is 0 Å². The zero-order valence-corrected chi connectivity index (χ0v) is 46.7. The van der Waals surface area contributed by atoms with E-state index in [1.807, 2.05) is 38.1 Å². The van der Waals surface area contributed by atoms with Crippen molar-refractivity contribution in [2.45, 2.75) is 19.3 Å². The van der Waals surface area contributed by atoms with E-state index in [1.165, 1.54) is 30.3 Å². The van der Waals surface area contributed by atoms with E-state index in [0.29, 0.717) is 27.0 Å². The predicted molar refractivity (Wildman–Crippen MR) is 314 cm³/mol. The van der Waals surface area contributed by atoms with E-state index in [2.05, 4.69) is 201 Å². The van der Waals surface area contributed by atoms with E-state index in [9.17, 15) is 38.4 Å². The van der Waals surface area contributed by atoms with Gasteiger partial charge in [-0.05, 0) is 176 Å². The van der Waals surface area contributed by atoms with Crippen LogP contribution in [0.4, 0.5) is 0 Å². The van der Waals surface area contributed by atoms with Crippen molar-refractivity contribution in [2.75, 3.05) is 6.67 Å². The van der Waals surface area contributed by atoms with Gasteiger partial charge in [0, 0.05) is 121 Å². The third-order valence-corrected chi connectivity index (χ3v) is 12.0. The van der Waals surface area contributed by atoms with Gasteiger partial charge < -0.3 is 9.47 Å². The summed E-state index contributed by atoms with van der Waals surface area (Å²) >= 11 is 0. The van der Waals surface area contributed by atoms with E-state index in [4.69, 9.17) is 9.47 Å². The Bertz CT molecular complexity index is 5490. The van der Waals surface area contributed by atoms with Crippen LogP contribution < -0.4 is 9.47 Å². The van der Waals surface area contributed by atoms with Crippen LogP contribution in [0.15, 0.2) is 316 Å². The summed E-state index contributed by atoms with van der Waals surface area (Å²) < 4.78 is 12.2. The summed E-state index contributed by atoms with van der Waals surface area (Å²) in [6.45, 7) is 6.87. The third kappa shape index (κ3) is 15.5. The highest BCUT2D eigenvalue weighted by Gasteiger charge is 2.44. The molecule has 0 atom stereocenters. The fourth-order valence-corrected chi connectivity index (χ4v) is 7.86. The van der Waals surface area contributed by atoms with E-state index >= 15 is 0 Å². The molecule has 0 aromatic heterocycles. The topological polar surface area (TPSA) is 168 Å². The first-order valence-electron chi connectivity index (χ1n) is 25.6. The lowest BCUT2D eigenvalue weighted by atomic mass is 9.78. The molecule has 0 saturated carbocycles. The number of benzene rings is 4. The zero-order chi connectivity index (χ0) is 63.7. The number of fused-ring (bicyclic) bond motifs is 2. The Morgan fingerprint density at radius 1 is 0.344 bits per heavy atom. The van der Waals surface area contributed by atoms with E-state index < -0.39 is 65.2 Å². The second kappa shape index (κ2) is 29.7. The molecule has 14 heteroatoms. The van der Waals surface area contributed by atoms with E-state index in [-0.39, 0.29) is 28.0 Å². The summed E-state index contributed by atoms with van der Waals surface area (Å²) in [5.74, 6) is -5.08. The van der Waals surface area contributed by atoms with Crippen molar-refractivity contribution in [3.05, 3.63) is 350 Å². The summed E-state index contributed by atoms with van der Waals surface area (Å²) in [5, 5.41) is 0. The fraction of sp³-hybridized carbons (Fsp3) is 0.0526. The first-order valence-corrected chi connectivity index (χ1v) is 25.6. The molecule has 4 aromatic carbocycles. The van der Waals surface area contributed by atoms with Crippen molar-refractivity contribution >= 4 is 47.3 Å². The molecule has 0 N–H and O–H groups in total. The van der Waals surface area contributed by atoms with Crippen LogP contribution in [0.3, 0.4) is 0 Å². The number of carbonyl (C=O) groups excluding carboxylic acids is 8. The van der Waals surface area contributed by atoms with Crippen LogP contribution in [-0.2, 0) is 24.6 Å². The molecule has 8 amide bonds. The summed E-state index contributed by atoms with van der Waals surface area (Å²) in [6.07, 6.45) is 4.10. The summed E-state index contributed by atoms with van der Waals surface area (Å²) in [4.78, 5) is 107. The maximum absolute atomic E-state index is 14.0. The molecular formula is C76H28N4O10. The minimum absolute atomic E-state index is 0.0270. The maximum Gasteiger partial charge on any atom is 0.267 e. The fourth-order valence-electron chi connectivity index (χ4n) is 7.86. The van der Waals surface area contributed by atoms with Crippen molar-refractivity contribution in [1.82, 2.24) is 19.6 Å². The Morgan fingerprint density at radius 3 is 1.02 bits per heavy atom. The Kier molecular flexibility index (Phi) is 20.1. The smallest absolute Gasteiger partial charge is 0.267 e. The molecular weight excluding hydrogens is 1130 g/mol. The minimum Gasteiger partial charge on any atom is -0.457 e. The number of amides is 8. The standard InChI is InChI=1S/C76H28N4O10/c1-4-5-6-7-8-9-10-11-12-13-14-15-16-17-18-19-20-21-22-23-24-25-26-27-28-29-30-31-32-33-34-35-36-37-67(79-70(83)52-53-71(79)84)80-74(87)64-49-47-62(55-66(64)75(80)88)90-60-44-40-58(41-45-60)76(2,3)57-38-42-59(43-39-57)89-61-46-48-63-65(54-61)73(86)78(72(63)85)56-77-68(81)50-51-69(77)82/h38-55H,1,56H2,2-3H3. The molecule has 0 radical (unpaired) electrons. The first kappa shape index (κ1) is 60.9. The van der Waals surface area contributed by atoms with Crippen molar-refractivity contribution < 1.29 is 47.8 Å². The summed E-state index contributed by atoms with van der Waals surface area (Å²) in [6, 6.07) is 23.3. The normalized spacial score (nSPS) is 11.6. The minimum atomic E-state index is -0.870. The molecule has 0 bridgehead atoms. The largest absolute Gasteiger partial charge is 0.457 e. The SMILES string of the molecule is C=C=C=C=C=C=C=C=C=C=C=C=C=C=C=C=C=C=C=C=C=C=C=C=C=C=C=C=C=C=C=C=C=C=C=C(N1C(=O)C=CC1=O)N1C(=O)c2ccc(Oc3ccc(C(C)(C)c4ccc(Oc5ccc6c(c5)C(=O)N(CN5C(=O)C=CC5=O)C6=O)cc4)cc3)cc2C1=O. The van der Waals surface area contributed by atoms with Gasteiger partial charge in [-0.1, -0.05) is 43.8 Å². The van der Waals surface area contributed by atoms with Crippen molar-refractivity contribution in [2.24, 2.45) is 0 Å². The lowest BCUT2D eigenvalue weighted by molar-refractivity contribution is -0.138. The van der Waals surface area contributed by atoms with Crippen LogP contribution in [0.5, 0.6) is 23.0 Å². The van der Waals surface area contributed by atoms with Crippen LogP contribution in [-0.4, -0.2) is 73.5 Å². The Hall–Kier alpha value is -15.2. The molecule has 0 fully saturated rings. The Labute approximate surface area is 511 Å². The van der Waals surface area contributed by atoms with Gasteiger partial charge in [-0.25, -0.2) is 9.80 Å². The summed E-state index contributed by atoms with van der Waals surface area (Å²) in [5.41, 5.74) is 85.5. The van der Waals surface area contributed by atoms with E-state index in [1.54, 1.807) is 30.3 Å². The van der Waals surface area contributed by atoms with Gasteiger partial charge in [0.2, 0.25) is 0 Å². The number of hydrogen-bond donors (Lipinski definition) is 0. The monoisotopic (exact) mass is 1160 g/mol. The highest BCUT2D eigenvalue weighted by molar-refractivity contribution is 6.24. The molecule has 90 heavy (non-hydrogen) atoms. The second-order valence-electron chi connectivity index (χ2n) is 17.8. The summed E-state index contributed by atoms with van der Waals surface area (Å²) in [7, 11) is 0. The number of hydrogen-bond acceptors (Lipinski definition) is 10. The van der Waals surface area contributed by atoms with Gasteiger partial charge >= 0.3 is 0 Å². The second-order valence-corrected chi connectivity index (χ2v) is 17.8. The predicted octanol–water partition coefficient (Wildman–Crippen LogP) is 10.3.